The number of carbonyl (C=O) groups is 1. The second-order valence-electron chi connectivity index (χ2n) is 6.49. The van der Waals surface area contributed by atoms with E-state index in [2.05, 4.69) is 15.4 Å². The van der Waals surface area contributed by atoms with Gasteiger partial charge in [0.15, 0.2) is 0 Å². The number of phenols is 1. The van der Waals surface area contributed by atoms with E-state index in [1.165, 1.54) is 31.3 Å². The van der Waals surface area contributed by atoms with Crippen LogP contribution in [0.15, 0.2) is 65.6 Å². The SMILES string of the molecule is CNc1ccc(C(=O)Nc2cc(S(=O)(=O)Nc3cccc(Cl)c3)ccc2O)cc1[N+](=O)[O-]. The van der Waals surface area contributed by atoms with Gasteiger partial charge in [0, 0.05) is 23.7 Å². The van der Waals surface area contributed by atoms with Crippen molar-refractivity contribution < 1.29 is 23.2 Å². The summed E-state index contributed by atoms with van der Waals surface area (Å²) in [6.45, 7) is 0. The number of nitrogens with one attached hydrogen (secondary N) is 3. The molecular formula is C20H17ClN4O6S. The summed E-state index contributed by atoms with van der Waals surface area (Å²) in [4.78, 5) is 22.9. The third-order valence-electron chi connectivity index (χ3n) is 4.33. The maximum Gasteiger partial charge on any atom is 0.293 e. The molecule has 12 heteroatoms. The van der Waals surface area contributed by atoms with Gasteiger partial charge in [0.25, 0.3) is 21.6 Å². The first kappa shape index (κ1) is 22.8. The molecule has 0 aromatic heterocycles. The van der Waals surface area contributed by atoms with Crippen LogP contribution >= 0.6 is 11.6 Å². The maximum absolute atomic E-state index is 12.7. The van der Waals surface area contributed by atoms with E-state index in [9.17, 15) is 28.4 Å². The first-order valence-corrected chi connectivity index (χ1v) is 10.9. The number of rotatable bonds is 7. The molecule has 0 aliphatic carbocycles. The number of carbonyl (C=O) groups excluding carboxylic acids is 1. The second-order valence-corrected chi connectivity index (χ2v) is 8.61. The van der Waals surface area contributed by atoms with Crippen LogP contribution in [-0.4, -0.2) is 31.4 Å². The summed E-state index contributed by atoms with van der Waals surface area (Å²) < 4.78 is 27.7. The van der Waals surface area contributed by atoms with Crippen molar-refractivity contribution >= 4 is 50.3 Å². The van der Waals surface area contributed by atoms with E-state index in [0.717, 1.165) is 24.3 Å². The smallest absolute Gasteiger partial charge is 0.293 e. The Hall–Kier alpha value is -3.83. The molecule has 0 bridgehead atoms. The van der Waals surface area contributed by atoms with Crippen molar-refractivity contribution in [2.45, 2.75) is 4.90 Å². The van der Waals surface area contributed by atoms with Gasteiger partial charge in [-0.15, -0.1) is 0 Å². The van der Waals surface area contributed by atoms with Gasteiger partial charge in [-0.05, 0) is 48.5 Å². The highest BCUT2D eigenvalue weighted by Crippen LogP contribution is 2.30. The van der Waals surface area contributed by atoms with E-state index in [1.807, 2.05) is 0 Å². The van der Waals surface area contributed by atoms with Crippen molar-refractivity contribution in [3.8, 4) is 5.75 Å². The highest BCUT2D eigenvalue weighted by Gasteiger charge is 2.20. The highest BCUT2D eigenvalue weighted by atomic mass is 35.5. The van der Waals surface area contributed by atoms with Crippen LogP contribution in [0, 0.1) is 10.1 Å². The molecule has 0 spiro atoms. The van der Waals surface area contributed by atoms with E-state index in [-0.39, 0.29) is 39.0 Å². The number of nitro groups is 1. The zero-order valence-corrected chi connectivity index (χ0v) is 18.1. The zero-order chi connectivity index (χ0) is 23.5. The Kier molecular flexibility index (Phi) is 6.51. The lowest BCUT2D eigenvalue weighted by Crippen LogP contribution is -2.15. The summed E-state index contributed by atoms with van der Waals surface area (Å²) >= 11 is 5.87. The predicted molar refractivity (Wildman–Crippen MR) is 121 cm³/mol. The van der Waals surface area contributed by atoms with Crippen molar-refractivity contribution in [3.63, 3.8) is 0 Å². The van der Waals surface area contributed by atoms with Crippen LogP contribution in [0.25, 0.3) is 0 Å². The summed E-state index contributed by atoms with van der Waals surface area (Å²) in [6, 6.07) is 13.2. The number of benzene rings is 3. The van der Waals surface area contributed by atoms with Crippen molar-refractivity contribution in [2.75, 3.05) is 22.4 Å². The minimum Gasteiger partial charge on any atom is -0.506 e. The molecule has 3 aromatic rings. The molecule has 3 aromatic carbocycles. The lowest BCUT2D eigenvalue weighted by Gasteiger charge is -2.12. The number of aromatic hydroxyl groups is 1. The van der Waals surface area contributed by atoms with Gasteiger partial charge in [-0.3, -0.25) is 19.6 Å². The van der Waals surface area contributed by atoms with Crippen LogP contribution in [-0.2, 0) is 10.0 Å². The summed E-state index contributed by atoms with van der Waals surface area (Å²) in [5.74, 6) is -1.16. The topological polar surface area (TPSA) is 151 Å². The van der Waals surface area contributed by atoms with Gasteiger partial charge in [0.05, 0.1) is 21.2 Å². The Morgan fingerprint density at radius 1 is 1.06 bits per heavy atom. The maximum atomic E-state index is 12.7. The third kappa shape index (κ3) is 5.07. The predicted octanol–water partition coefficient (Wildman–Crippen LogP) is 4.05. The summed E-state index contributed by atoms with van der Waals surface area (Å²) in [5.41, 5.74) is -0.112. The average Bonchev–Trinajstić information content (AvgIpc) is 2.74. The lowest BCUT2D eigenvalue weighted by atomic mass is 10.1. The highest BCUT2D eigenvalue weighted by molar-refractivity contribution is 7.92. The number of nitro benzene ring substituents is 1. The monoisotopic (exact) mass is 476 g/mol. The average molecular weight is 477 g/mol. The van der Waals surface area contributed by atoms with Crippen molar-refractivity contribution in [3.05, 3.63) is 81.4 Å². The number of phenolic OH excluding ortho intramolecular Hbond substituents is 1. The molecule has 0 fully saturated rings. The Bertz CT molecular complexity index is 1310. The molecule has 0 saturated heterocycles. The largest absolute Gasteiger partial charge is 0.506 e. The molecule has 0 unspecified atom stereocenters. The number of nitrogens with zero attached hydrogens (tertiary/aromatic N) is 1. The first-order chi connectivity index (χ1) is 15.1. The quantitative estimate of drug-likeness (QED) is 0.228. The minimum absolute atomic E-state index is 0.0552. The molecule has 0 atom stereocenters. The van der Waals surface area contributed by atoms with Crippen molar-refractivity contribution in [1.29, 1.82) is 0 Å². The van der Waals surface area contributed by atoms with Gasteiger partial charge in [0.1, 0.15) is 11.4 Å². The van der Waals surface area contributed by atoms with Crippen LogP contribution in [0.4, 0.5) is 22.7 Å². The third-order valence-corrected chi connectivity index (χ3v) is 5.94. The summed E-state index contributed by atoms with van der Waals surface area (Å²) in [7, 11) is -2.56. The second kappa shape index (κ2) is 9.12. The number of sulfonamides is 1. The van der Waals surface area contributed by atoms with Gasteiger partial charge >= 0.3 is 0 Å². The van der Waals surface area contributed by atoms with Crippen LogP contribution in [0.1, 0.15) is 10.4 Å². The first-order valence-electron chi connectivity index (χ1n) is 8.99. The lowest BCUT2D eigenvalue weighted by molar-refractivity contribution is -0.384. The number of halogens is 1. The van der Waals surface area contributed by atoms with Gasteiger partial charge in [-0.25, -0.2) is 8.42 Å². The molecule has 0 heterocycles. The molecule has 166 valence electrons. The van der Waals surface area contributed by atoms with E-state index in [0.29, 0.717) is 5.02 Å². The van der Waals surface area contributed by atoms with E-state index < -0.39 is 20.9 Å². The molecule has 10 nitrogen and oxygen atoms in total. The van der Waals surface area contributed by atoms with Crippen LogP contribution in [0.3, 0.4) is 0 Å². The van der Waals surface area contributed by atoms with Gasteiger partial charge in [-0.2, -0.15) is 0 Å². The number of hydrogen-bond acceptors (Lipinski definition) is 7. The fourth-order valence-corrected chi connectivity index (χ4v) is 4.04. The van der Waals surface area contributed by atoms with Gasteiger partial charge < -0.3 is 15.7 Å². The molecule has 32 heavy (non-hydrogen) atoms. The Balaban J connectivity index is 1.88. The molecule has 3 rings (SSSR count). The van der Waals surface area contributed by atoms with E-state index >= 15 is 0 Å². The molecule has 0 radical (unpaired) electrons. The standard InChI is InChI=1S/C20H17ClN4O6S/c1-22-16-7-5-12(9-18(16)25(28)29)20(27)23-17-11-15(6-8-19(17)26)32(30,31)24-14-4-2-3-13(21)10-14/h2-11,22,24,26H,1H3,(H,23,27). The normalized spacial score (nSPS) is 10.9. The molecule has 0 aliphatic rings. The number of hydrogen-bond donors (Lipinski definition) is 4. The fourth-order valence-electron chi connectivity index (χ4n) is 2.78. The van der Waals surface area contributed by atoms with Crippen LogP contribution in [0.5, 0.6) is 5.75 Å². The van der Waals surface area contributed by atoms with Crippen molar-refractivity contribution in [1.82, 2.24) is 0 Å². The Labute approximate surface area is 188 Å². The van der Waals surface area contributed by atoms with Crippen LogP contribution in [0.2, 0.25) is 5.02 Å². The van der Waals surface area contributed by atoms with Gasteiger partial charge in [-0.1, -0.05) is 17.7 Å². The summed E-state index contributed by atoms with van der Waals surface area (Å²) in [5, 5.41) is 26.6. The summed E-state index contributed by atoms with van der Waals surface area (Å²) in [6.07, 6.45) is 0. The fraction of sp³-hybridized carbons (Fsp3) is 0.0500. The molecular weight excluding hydrogens is 460 g/mol. The van der Waals surface area contributed by atoms with E-state index in [1.54, 1.807) is 12.1 Å². The molecule has 0 saturated carbocycles. The number of amides is 1. The van der Waals surface area contributed by atoms with Crippen LogP contribution < -0.4 is 15.4 Å². The Morgan fingerprint density at radius 2 is 1.81 bits per heavy atom. The molecule has 4 N–H and O–H groups in total. The minimum atomic E-state index is -4.07. The zero-order valence-electron chi connectivity index (χ0n) is 16.5. The molecule has 0 aliphatic heterocycles. The van der Waals surface area contributed by atoms with E-state index in [4.69, 9.17) is 11.6 Å². The Morgan fingerprint density at radius 3 is 2.47 bits per heavy atom. The van der Waals surface area contributed by atoms with Gasteiger partial charge in [0.2, 0.25) is 0 Å². The van der Waals surface area contributed by atoms with Crippen molar-refractivity contribution in [2.24, 2.45) is 0 Å². The number of anilines is 3. The molecule has 1 amide bonds.